The summed E-state index contributed by atoms with van der Waals surface area (Å²) in [6, 6.07) is 0. The fraction of sp³-hybridized carbons (Fsp3) is 1.00. The summed E-state index contributed by atoms with van der Waals surface area (Å²) in [5.74, 6) is 0.169. The van der Waals surface area contributed by atoms with Crippen LogP contribution < -0.4 is 5.32 Å². The molecule has 1 saturated heterocycles. The number of hydrogen-bond acceptors (Lipinski definition) is 4. The minimum absolute atomic E-state index is 0.00631. The quantitative estimate of drug-likeness (QED) is 0.770. The first-order valence-corrected chi connectivity index (χ1v) is 8.56. The Morgan fingerprint density at radius 2 is 2.11 bits per heavy atom. The highest BCUT2D eigenvalue weighted by Gasteiger charge is 2.28. The van der Waals surface area contributed by atoms with Gasteiger partial charge in [-0.3, -0.25) is 0 Å². The summed E-state index contributed by atoms with van der Waals surface area (Å²) in [6.45, 7) is 9.27. The van der Waals surface area contributed by atoms with Crippen LogP contribution >= 0.6 is 0 Å². The average Bonchev–Trinajstić information content (AvgIpc) is 2.78. The van der Waals surface area contributed by atoms with E-state index in [1.807, 2.05) is 0 Å². The van der Waals surface area contributed by atoms with Crippen molar-refractivity contribution < 1.29 is 13.2 Å². The van der Waals surface area contributed by atoms with Crippen molar-refractivity contribution in [1.82, 2.24) is 5.32 Å². The van der Waals surface area contributed by atoms with Crippen molar-refractivity contribution in [2.24, 2.45) is 0 Å². The molecule has 108 valence electrons. The summed E-state index contributed by atoms with van der Waals surface area (Å²) in [7, 11) is -3.06. The molecule has 0 aromatic rings. The zero-order valence-electron chi connectivity index (χ0n) is 12.0. The van der Waals surface area contributed by atoms with Crippen molar-refractivity contribution in [3.63, 3.8) is 0 Å². The molecular weight excluding hydrogens is 250 g/mol. The van der Waals surface area contributed by atoms with Gasteiger partial charge in [-0.05, 0) is 40.0 Å². The lowest BCUT2D eigenvalue weighted by molar-refractivity contribution is 0.127. The van der Waals surface area contributed by atoms with Gasteiger partial charge >= 0.3 is 0 Å². The molecule has 2 unspecified atom stereocenters. The van der Waals surface area contributed by atoms with E-state index in [0.717, 1.165) is 19.3 Å². The Bertz CT molecular complexity index is 345. The molecule has 0 bridgehead atoms. The molecule has 0 aromatic heterocycles. The molecule has 4 nitrogen and oxygen atoms in total. The molecule has 1 N–H and O–H groups in total. The third kappa shape index (κ3) is 4.86. The van der Waals surface area contributed by atoms with Crippen molar-refractivity contribution >= 4 is 9.84 Å². The Hall–Kier alpha value is -0.130. The fourth-order valence-electron chi connectivity index (χ4n) is 1.87. The monoisotopic (exact) mass is 277 g/mol. The number of hydrogen-bond donors (Lipinski definition) is 1. The number of nitrogens with one attached hydrogen (secondary N) is 1. The number of rotatable bonds is 7. The topological polar surface area (TPSA) is 55.4 Å². The van der Waals surface area contributed by atoms with Crippen LogP contribution in [0.15, 0.2) is 0 Å². The van der Waals surface area contributed by atoms with Crippen molar-refractivity contribution in [2.75, 3.05) is 18.9 Å². The van der Waals surface area contributed by atoms with Crippen molar-refractivity contribution in [3.05, 3.63) is 0 Å². The van der Waals surface area contributed by atoms with Gasteiger partial charge in [0.15, 0.2) is 9.84 Å². The van der Waals surface area contributed by atoms with Crippen molar-refractivity contribution in [3.8, 4) is 0 Å². The Balaban J connectivity index is 2.46. The maximum absolute atomic E-state index is 12.2. The Labute approximate surface area is 111 Å². The average molecular weight is 277 g/mol. The zero-order chi connectivity index (χ0) is 13.8. The van der Waals surface area contributed by atoms with Gasteiger partial charge in [-0.2, -0.15) is 0 Å². The predicted octanol–water partition coefficient (Wildman–Crippen LogP) is 1.75. The molecule has 1 aliphatic heterocycles. The van der Waals surface area contributed by atoms with Gasteiger partial charge in [0.2, 0.25) is 0 Å². The highest BCUT2D eigenvalue weighted by atomic mass is 32.2. The Morgan fingerprint density at radius 1 is 1.44 bits per heavy atom. The Kier molecular flexibility index (Phi) is 5.62. The van der Waals surface area contributed by atoms with Crippen LogP contribution in [0, 0.1) is 0 Å². The second-order valence-electron chi connectivity index (χ2n) is 5.89. The van der Waals surface area contributed by atoms with Crippen LogP contribution in [0.1, 0.15) is 47.0 Å². The first kappa shape index (κ1) is 15.9. The second-order valence-corrected chi connectivity index (χ2v) is 8.36. The molecular formula is C13H27NO3S. The summed E-state index contributed by atoms with van der Waals surface area (Å²) < 4.78 is 29.7. The van der Waals surface area contributed by atoms with Crippen LogP contribution in [0.4, 0.5) is 0 Å². The van der Waals surface area contributed by atoms with Crippen LogP contribution in [0.5, 0.6) is 0 Å². The molecule has 1 rings (SSSR count). The second kappa shape index (κ2) is 6.35. The molecule has 0 saturated carbocycles. The zero-order valence-corrected chi connectivity index (χ0v) is 12.8. The summed E-state index contributed by atoms with van der Waals surface area (Å²) in [6.07, 6.45) is 2.75. The van der Waals surface area contributed by atoms with E-state index in [1.165, 1.54) is 0 Å². The minimum Gasteiger partial charge on any atom is -0.377 e. The van der Waals surface area contributed by atoms with Crippen LogP contribution in [-0.2, 0) is 14.6 Å². The van der Waals surface area contributed by atoms with Crippen LogP contribution in [0.25, 0.3) is 0 Å². The molecule has 1 heterocycles. The third-order valence-corrected chi connectivity index (χ3v) is 6.04. The van der Waals surface area contributed by atoms with Gasteiger partial charge in [-0.1, -0.05) is 6.92 Å². The lowest BCUT2D eigenvalue weighted by atomic mass is 10.0. The van der Waals surface area contributed by atoms with Gasteiger partial charge in [0.05, 0.1) is 17.1 Å². The van der Waals surface area contributed by atoms with E-state index in [0.29, 0.717) is 13.2 Å². The molecule has 5 heteroatoms. The van der Waals surface area contributed by atoms with Crippen LogP contribution in [0.3, 0.4) is 0 Å². The highest BCUT2D eigenvalue weighted by Crippen LogP contribution is 2.16. The summed E-state index contributed by atoms with van der Waals surface area (Å²) in [5.41, 5.74) is -0.00631. The van der Waals surface area contributed by atoms with E-state index < -0.39 is 9.84 Å². The van der Waals surface area contributed by atoms with E-state index in [9.17, 15) is 8.42 Å². The minimum atomic E-state index is -3.06. The van der Waals surface area contributed by atoms with E-state index >= 15 is 0 Å². The first-order valence-electron chi connectivity index (χ1n) is 6.85. The molecule has 0 aromatic carbocycles. The van der Waals surface area contributed by atoms with Gasteiger partial charge < -0.3 is 10.1 Å². The van der Waals surface area contributed by atoms with Gasteiger partial charge in [0.1, 0.15) is 0 Å². The van der Waals surface area contributed by atoms with E-state index in [1.54, 1.807) is 6.92 Å². The molecule has 2 atom stereocenters. The normalized spacial score (nSPS) is 23.2. The first-order chi connectivity index (χ1) is 8.27. The molecule has 0 aliphatic carbocycles. The number of sulfone groups is 1. The Morgan fingerprint density at radius 3 is 2.61 bits per heavy atom. The van der Waals surface area contributed by atoms with E-state index in [-0.39, 0.29) is 22.6 Å². The summed E-state index contributed by atoms with van der Waals surface area (Å²) >= 11 is 0. The van der Waals surface area contributed by atoms with Crippen molar-refractivity contribution in [1.29, 1.82) is 0 Å². The van der Waals surface area contributed by atoms with E-state index in [2.05, 4.69) is 26.1 Å². The summed E-state index contributed by atoms with van der Waals surface area (Å²) in [5, 5.41) is 2.97. The highest BCUT2D eigenvalue weighted by molar-refractivity contribution is 7.92. The lowest BCUT2D eigenvalue weighted by Gasteiger charge is -2.27. The maximum atomic E-state index is 12.2. The van der Waals surface area contributed by atoms with E-state index in [4.69, 9.17) is 4.74 Å². The largest absolute Gasteiger partial charge is 0.377 e. The van der Waals surface area contributed by atoms with Crippen LogP contribution in [-0.4, -0.2) is 44.2 Å². The third-order valence-electron chi connectivity index (χ3n) is 3.81. The predicted molar refractivity (Wildman–Crippen MR) is 74.6 cm³/mol. The molecule has 0 spiro atoms. The molecule has 1 aliphatic rings. The standard InChI is InChI=1S/C13H27NO3S/c1-5-13(3,4)14-9-11(2)18(15,16)10-12-7-6-8-17-12/h11-12,14H,5-10H2,1-4H3. The van der Waals surface area contributed by atoms with Gasteiger partial charge in [-0.15, -0.1) is 0 Å². The SMILES string of the molecule is CCC(C)(C)NCC(C)S(=O)(=O)CC1CCCO1. The van der Waals surface area contributed by atoms with Gasteiger partial charge in [-0.25, -0.2) is 8.42 Å². The fourth-order valence-corrected chi connectivity index (χ4v) is 3.32. The summed E-state index contributed by atoms with van der Waals surface area (Å²) in [4.78, 5) is 0. The lowest BCUT2D eigenvalue weighted by Crippen LogP contribution is -2.45. The maximum Gasteiger partial charge on any atom is 0.156 e. The van der Waals surface area contributed by atoms with Gasteiger partial charge in [0, 0.05) is 18.7 Å². The molecule has 1 fully saturated rings. The molecule has 0 amide bonds. The smallest absolute Gasteiger partial charge is 0.156 e. The van der Waals surface area contributed by atoms with Crippen molar-refractivity contribution in [2.45, 2.75) is 63.9 Å². The number of ether oxygens (including phenoxy) is 1. The van der Waals surface area contributed by atoms with Crippen LogP contribution in [0.2, 0.25) is 0 Å². The molecule has 0 radical (unpaired) electrons. The van der Waals surface area contributed by atoms with Gasteiger partial charge in [0.25, 0.3) is 0 Å². The molecule has 18 heavy (non-hydrogen) atoms.